The van der Waals surface area contributed by atoms with Crippen LogP contribution in [0.15, 0.2) is 24.3 Å². The van der Waals surface area contributed by atoms with Gasteiger partial charge in [-0.3, -0.25) is 0 Å². The Kier molecular flexibility index (Phi) is 9.16. The summed E-state index contributed by atoms with van der Waals surface area (Å²) < 4.78 is 5.22. The number of methoxy groups -OCH3 is 1. The highest BCUT2D eigenvalue weighted by Gasteiger charge is 2.12. The van der Waals surface area contributed by atoms with Crippen molar-refractivity contribution >= 4 is 0 Å². The molecule has 21 heavy (non-hydrogen) atoms. The van der Waals surface area contributed by atoms with Gasteiger partial charge < -0.3 is 10.1 Å². The van der Waals surface area contributed by atoms with E-state index in [2.05, 4.69) is 50.4 Å². The highest BCUT2D eigenvalue weighted by Crippen LogP contribution is 2.18. The van der Waals surface area contributed by atoms with Gasteiger partial charge in [0.05, 0.1) is 7.11 Å². The fourth-order valence-corrected chi connectivity index (χ4v) is 2.88. The first-order valence-corrected chi connectivity index (χ1v) is 8.55. The fourth-order valence-electron chi connectivity index (χ4n) is 2.88. The van der Waals surface area contributed by atoms with Crippen molar-refractivity contribution in [3.63, 3.8) is 0 Å². The Balaban J connectivity index is 2.46. The maximum atomic E-state index is 5.22. The number of aryl methyl sites for hydroxylation is 1. The topological polar surface area (TPSA) is 21.3 Å². The van der Waals surface area contributed by atoms with Crippen LogP contribution in [0.3, 0.4) is 0 Å². The van der Waals surface area contributed by atoms with Crippen LogP contribution in [0.25, 0.3) is 0 Å². The van der Waals surface area contributed by atoms with E-state index in [1.807, 2.05) is 0 Å². The largest absolute Gasteiger partial charge is 0.497 e. The molecule has 0 spiro atoms. The highest BCUT2D eigenvalue weighted by atomic mass is 16.5. The van der Waals surface area contributed by atoms with Crippen molar-refractivity contribution in [2.24, 2.45) is 5.92 Å². The Morgan fingerprint density at radius 1 is 1.05 bits per heavy atom. The summed E-state index contributed by atoms with van der Waals surface area (Å²) in [4.78, 5) is 0. The Morgan fingerprint density at radius 2 is 1.76 bits per heavy atom. The molecule has 0 saturated heterocycles. The lowest BCUT2D eigenvalue weighted by Gasteiger charge is -2.22. The van der Waals surface area contributed by atoms with Crippen molar-refractivity contribution in [3.8, 4) is 5.75 Å². The maximum absolute atomic E-state index is 5.22. The smallest absolute Gasteiger partial charge is 0.118 e. The van der Waals surface area contributed by atoms with E-state index in [9.17, 15) is 0 Å². The lowest BCUT2D eigenvalue weighted by Crippen LogP contribution is -2.32. The molecule has 2 unspecified atom stereocenters. The van der Waals surface area contributed by atoms with Gasteiger partial charge in [-0.2, -0.15) is 0 Å². The molecule has 0 aliphatic heterocycles. The first-order valence-electron chi connectivity index (χ1n) is 8.55. The second kappa shape index (κ2) is 10.7. The minimum Gasteiger partial charge on any atom is -0.497 e. The average Bonchev–Trinajstić information content (AvgIpc) is 2.50. The molecule has 0 amide bonds. The first-order chi connectivity index (χ1) is 10.2. The van der Waals surface area contributed by atoms with E-state index < -0.39 is 0 Å². The zero-order valence-corrected chi connectivity index (χ0v) is 14.3. The number of nitrogens with one attached hydrogen (secondary N) is 1. The van der Waals surface area contributed by atoms with E-state index in [1.165, 1.54) is 37.7 Å². The molecular weight excluding hydrogens is 258 g/mol. The van der Waals surface area contributed by atoms with Crippen LogP contribution in [0, 0.1) is 5.92 Å². The van der Waals surface area contributed by atoms with Gasteiger partial charge in [0, 0.05) is 6.04 Å². The molecule has 0 aliphatic rings. The Labute approximate surface area is 131 Å². The Morgan fingerprint density at radius 3 is 2.33 bits per heavy atom. The summed E-state index contributed by atoms with van der Waals surface area (Å²) >= 11 is 0. The predicted octanol–water partition coefficient (Wildman–Crippen LogP) is 4.82. The highest BCUT2D eigenvalue weighted by molar-refractivity contribution is 5.27. The molecule has 1 rings (SSSR count). The van der Waals surface area contributed by atoms with Crippen molar-refractivity contribution in [1.29, 1.82) is 0 Å². The second-order valence-corrected chi connectivity index (χ2v) is 6.17. The summed E-state index contributed by atoms with van der Waals surface area (Å²) in [6.45, 7) is 8.04. The molecule has 2 nitrogen and oxygen atoms in total. The summed E-state index contributed by atoms with van der Waals surface area (Å²) in [7, 11) is 1.72. The monoisotopic (exact) mass is 291 g/mol. The quantitative estimate of drug-likeness (QED) is 0.631. The van der Waals surface area contributed by atoms with Crippen molar-refractivity contribution in [3.05, 3.63) is 29.8 Å². The van der Waals surface area contributed by atoms with Gasteiger partial charge in [-0.1, -0.05) is 45.7 Å². The molecular formula is C19H33NO. The summed E-state index contributed by atoms with van der Waals surface area (Å²) in [6, 6.07) is 9.14. The summed E-state index contributed by atoms with van der Waals surface area (Å²) in [5.74, 6) is 1.76. The number of hydrogen-bond donors (Lipinski definition) is 1. The van der Waals surface area contributed by atoms with E-state index in [1.54, 1.807) is 7.11 Å². The van der Waals surface area contributed by atoms with E-state index >= 15 is 0 Å². The van der Waals surface area contributed by atoms with Gasteiger partial charge >= 0.3 is 0 Å². The van der Waals surface area contributed by atoms with Crippen LogP contribution in [0.4, 0.5) is 0 Å². The van der Waals surface area contributed by atoms with Gasteiger partial charge in [-0.15, -0.1) is 0 Å². The molecule has 0 aliphatic carbocycles. The van der Waals surface area contributed by atoms with Gasteiger partial charge in [-0.05, 0) is 55.8 Å². The molecule has 0 radical (unpaired) electrons. The second-order valence-electron chi connectivity index (χ2n) is 6.17. The average molecular weight is 291 g/mol. The Hall–Kier alpha value is -1.02. The van der Waals surface area contributed by atoms with Crippen LogP contribution in [-0.4, -0.2) is 19.7 Å². The van der Waals surface area contributed by atoms with Gasteiger partial charge in [0.25, 0.3) is 0 Å². The van der Waals surface area contributed by atoms with E-state index in [0.717, 1.165) is 24.6 Å². The first kappa shape index (κ1) is 18.0. The number of benzene rings is 1. The number of hydrogen-bond acceptors (Lipinski definition) is 2. The maximum Gasteiger partial charge on any atom is 0.118 e. The fraction of sp³-hybridized carbons (Fsp3) is 0.684. The van der Waals surface area contributed by atoms with Crippen LogP contribution in [0.5, 0.6) is 5.75 Å². The minimum absolute atomic E-state index is 0.647. The van der Waals surface area contributed by atoms with Gasteiger partial charge in [0.15, 0.2) is 0 Å². The van der Waals surface area contributed by atoms with Crippen LogP contribution in [0.2, 0.25) is 0 Å². The summed E-state index contributed by atoms with van der Waals surface area (Å²) in [5.41, 5.74) is 1.40. The van der Waals surface area contributed by atoms with E-state index in [0.29, 0.717) is 6.04 Å². The molecule has 0 fully saturated rings. The predicted molar refractivity (Wildman–Crippen MR) is 92.1 cm³/mol. The van der Waals surface area contributed by atoms with Gasteiger partial charge in [-0.25, -0.2) is 0 Å². The summed E-state index contributed by atoms with van der Waals surface area (Å²) in [5, 5.41) is 3.73. The van der Waals surface area contributed by atoms with Crippen LogP contribution in [0.1, 0.15) is 58.4 Å². The third-order valence-electron chi connectivity index (χ3n) is 4.09. The minimum atomic E-state index is 0.647. The zero-order chi connectivity index (χ0) is 15.5. The Bertz CT molecular complexity index is 360. The molecule has 1 aromatic rings. The molecule has 0 saturated carbocycles. The molecule has 0 bridgehead atoms. The van der Waals surface area contributed by atoms with Crippen molar-refractivity contribution in [2.45, 2.75) is 65.3 Å². The lowest BCUT2D eigenvalue weighted by atomic mass is 9.93. The normalized spacial score (nSPS) is 13.9. The van der Waals surface area contributed by atoms with Gasteiger partial charge in [0.1, 0.15) is 5.75 Å². The van der Waals surface area contributed by atoms with Crippen LogP contribution >= 0.6 is 0 Å². The number of rotatable bonds is 11. The van der Waals surface area contributed by atoms with Crippen LogP contribution in [-0.2, 0) is 6.42 Å². The molecule has 0 heterocycles. The third kappa shape index (κ3) is 7.52. The summed E-state index contributed by atoms with van der Waals surface area (Å²) in [6.07, 6.45) is 7.50. The van der Waals surface area contributed by atoms with Gasteiger partial charge in [0.2, 0.25) is 0 Å². The van der Waals surface area contributed by atoms with Crippen molar-refractivity contribution < 1.29 is 4.74 Å². The molecule has 120 valence electrons. The number of ether oxygens (including phenoxy) is 1. The lowest BCUT2D eigenvalue weighted by molar-refractivity contribution is 0.367. The SMILES string of the molecule is CCCNC(CCc1ccc(OC)cc1)CC(C)CCC. The molecule has 2 atom stereocenters. The molecule has 1 aromatic carbocycles. The molecule has 1 N–H and O–H groups in total. The van der Waals surface area contributed by atoms with E-state index in [-0.39, 0.29) is 0 Å². The standard InChI is InChI=1S/C19H33NO/c1-5-7-16(3)15-18(20-14-6-2)11-8-17-9-12-19(21-4)13-10-17/h9-10,12-13,16,18,20H,5-8,11,14-15H2,1-4H3. The van der Waals surface area contributed by atoms with E-state index in [4.69, 9.17) is 4.74 Å². The van der Waals surface area contributed by atoms with Crippen molar-refractivity contribution in [2.75, 3.05) is 13.7 Å². The third-order valence-corrected chi connectivity index (χ3v) is 4.09. The van der Waals surface area contributed by atoms with Crippen molar-refractivity contribution in [1.82, 2.24) is 5.32 Å². The zero-order valence-electron chi connectivity index (χ0n) is 14.3. The molecule has 2 heteroatoms. The molecule has 0 aromatic heterocycles. The van der Waals surface area contributed by atoms with Crippen LogP contribution < -0.4 is 10.1 Å².